The number of alkyl halides is 1. The Morgan fingerprint density at radius 2 is 0.660 bits per heavy atom. The molecule has 1 heterocycles. The van der Waals surface area contributed by atoms with Crippen molar-refractivity contribution in [3.05, 3.63) is 249 Å². The largest absolute Gasteiger partial charge is 0.396 e. The molecule has 4 atom stereocenters. The maximum Gasteiger partial charge on any atom is 0.0436 e. The maximum absolute atomic E-state index is 10.9. The summed E-state index contributed by atoms with van der Waals surface area (Å²) in [5.74, 6) is 8.48. The number of benzene rings is 3. The number of carboxylic acid groups (broad SMARTS) is 1. The third-order valence-electron chi connectivity index (χ3n) is 32.3. The number of allylic oxidation sites excluding steroid dienone is 24. The fourth-order valence-corrected chi connectivity index (χ4v) is 35.5. The summed E-state index contributed by atoms with van der Waals surface area (Å²) >= 11 is 5.57. The van der Waals surface area contributed by atoms with E-state index in [1.807, 2.05) is 24.3 Å². The van der Waals surface area contributed by atoms with Gasteiger partial charge in [-0.3, -0.25) is 19.2 Å². The molecule has 3 aromatic carbocycles. The van der Waals surface area contributed by atoms with E-state index < -0.39 is 22.4 Å². The summed E-state index contributed by atoms with van der Waals surface area (Å²) in [4.78, 5) is 53.0. The maximum atomic E-state index is 10.9. The number of hydrogen-bond donors (Lipinski definition) is 4. The van der Waals surface area contributed by atoms with Crippen molar-refractivity contribution in [2.45, 2.75) is 411 Å². The summed E-state index contributed by atoms with van der Waals surface area (Å²) < 4.78 is 18.2. The zero-order valence-corrected chi connectivity index (χ0v) is 97.1. The Morgan fingerprint density at radius 1 is 0.367 bits per heavy atom. The number of carbonyl (C=O) groups is 5. The smallest absolute Gasteiger partial charge is 0.0436 e. The van der Waals surface area contributed by atoms with Crippen LogP contribution in [-0.4, -0.2) is 114 Å². The minimum Gasteiger partial charge on any atom is -0.396 e. The molecule has 0 aromatic heterocycles. The normalized spacial score (nSPS) is 25.0. The summed E-state index contributed by atoms with van der Waals surface area (Å²) in [5.41, 5.74) is 2.04. The van der Waals surface area contributed by atoms with Crippen molar-refractivity contribution in [3.8, 4) is 0 Å². The van der Waals surface area contributed by atoms with Gasteiger partial charge in [-0.15, -0.1) is 0 Å². The van der Waals surface area contributed by atoms with Gasteiger partial charge in [0.05, 0.1) is 45.7 Å². The molecule has 13 fully saturated rings. The molecule has 13 nitrogen and oxygen atoms in total. The topological polar surface area (TPSA) is 206 Å². The number of unbranched alkanes of at least 4 members (excludes halogenated alkanes) is 11. The van der Waals surface area contributed by atoms with Gasteiger partial charge in [0.15, 0.2) is 0 Å². The Kier molecular flexibility index (Phi) is 66.0. The minimum absolute atomic E-state index is 0.126. The quantitative estimate of drug-likeness (QED) is 0.00478. The first kappa shape index (κ1) is 127. The Bertz CT molecular complexity index is 4200. The van der Waals surface area contributed by atoms with Crippen LogP contribution in [-0.2, 0) is 42.9 Å². The molecule has 818 valence electrons. The van der Waals surface area contributed by atoms with Crippen LogP contribution in [0.3, 0.4) is 0 Å². The van der Waals surface area contributed by atoms with E-state index in [4.69, 9.17) is 14.9 Å². The van der Waals surface area contributed by atoms with Crippen molar-refractivity contribution in [1.29, 1.82) is 0 Å². The van der Waals surface area contributed by atoms with Crippen molar-refractivity contribution < 1.29 is 63.3 Å². The van der Waals surface area contributed by atoms with Crippen LogP contribution in [0, 0.1) is 69.5 Å². The molecule has 4 unspecified atom stereocenters. The number of aliphatic carboxylic acids is 1. The fourth-order valence-electron chi connectivity index (χ4n) is 25.8. The van der Waals surface area contributed by atoms with Gasteiger partial charge in [0, 0.05) is 43.1 Å². The number of aliphatic hydroxyl groups excluding tert-OH is 3. The number of aliphatic hydroxyl groups is 3. The SMILES string of the molecule is CCCCC/C=C\C/C=C\C/C=C\C/C=C\CCCC(=O)O.CCCCCC(O)C(O)C/C=C\C/C=C\C/C=C\CCCC(=O)OC.CCCCCC1OC1C/C=C\C/C=C\C/C=C\CCCC(=O)OC.COC(=O)CCC/C=C\C/C=C\C/C=C\CC=O.ICCC12CC3CC(CC(C3)C1)C2.IP(CCC12CC3CC(CC(C3)C1)C2)(c1ccccc1)(c1ccccc1)c1ccccc1.OCCC12CC3CC(CC(C3)C1)C2. The van der Waals surface area contributed by atoms with Crippen LogP contribution in [0.2, 0.25) is 0 Å². The van der Waals surface area contributed by atoms with E-state index in [-0.39, 0.29) is 24.3 Å². The van der Waals surface area contributed by atoms with E-state index in [0.29, 0.717) is 68.2 Å². The first-order valence-corrected chi connectivity index (χ1v) is 64.8. The van der Waals surface area contributed by atoms with Crippen LogP contribution in [0.15, 0.2) is 249 Å². The van der Waals surface area contributed by atoms with Gasteiger partial charge in [0.25, 0.3) is 0 Å². The molecular formula is C131H197I2O13P. The Labute approximate surface area is 919 Å². The summed E-state index contributed by atoms with van der Waals surface area (Å²) in [6.07, 6.45) is 122. The van der Waals surface area contributed by atoms with Crippen molar-refractivity contribution in [2.75, 3.05) is 38.5 Å². The molecule has 12 aliphatic carbocycles. The van der Waals surface area contributed by atoms with Gasteiger partial charge in [-0.25, -0.2) is 0 Å². The second kappa shape index (κ2) is 76.2. The molecule has 1 aliphatic heterocycles. The molecule has 147 heavy (non-hydrogen) atoms. The molecular weight excluding hydrogens is 2070 g/mol. The predicted molar refractivity (Wildman–Crippen MR) is 638 cm³/mol. The van der Waals surface area contributed by atoms with E-state index >= 15 is 0 Å². The molecule has 4 N–H and O–H groups in total. The number of hydrogen-bond acceptors (Lipinski definition) is 12. The van der Waals surface area contributed by atoms with Crippen LogP contribution < -0.4 is 15.9 Å². The molecule has 0 radical (unpaired) electrons. The van der Waals surface area contributed by atoms with Crippen molar-refractivity contribution >= 4 is 95.0 Å². The first-order chi connectivity index (χ1) is 71.6. The van der Waals surface area contributed by atoms with Gasteiger partial charge < -0.3 is 44.2 Å². The average Bonchev–Trinajstić information content (AvgIpc) is 0.807. The minimum atomic E-state index is -2.63. The number of rotatable bonds is 63. The van der Waals surface area contributed by atoms with E-state index in [9.17, 15) is 34.2 Å². The number of carboxylic acids is 1. The van der Waals surface area contributed by atoms with Gasteiger partial charge in [-0.05, 0) is 284 Å². The van der Waals surface area contributed by atoms with Crippen molar-refractivity contribution in [3.63, 3.8) is 0 Å². The monoisotopic (exact) mass is 2260 g/mol. The van der Waals surface area contributed by atoms with Crippen LogP contribution in [0.5, 0.6) is 0 Å². The third kappa shape index (κ3) is 51.0. The molecule has 12 saturated carbocycles. The second-order valence-corrected chi connectivity index (χ2v) is 56.3. The van der Waals surface area contributed by atoms with E-state index in [2.05, 4.69) is 304 Å². The molecule has 16 rings (SSSR count). The summed E-state index contributed by atoms with van der Waals surface area (Å²) in [7, 11) is 4.25. The van der Waals surface area contributed by atoms with Crippen LogP contribution in [0.1, 0.15) is 387 Å². The van der Waals surface area contributed by atoms with Gasteiger partial charge in [-0.2, -0.15) is 0 Å². The number of esters is 3. The standard InChI is InChI=1S/C30H34IP.C21H36O4.C21H34O3.C20H32O2.C15H22O3.C12H19I.C12H20O/c31-32(27-10-4-1-5-11-27,28-12-6-2-7-13-28,29-14-8-3-9-15-29)17-16-30-21-24-18-25(22-30)20-26(19-24)23-30;1-3-4-13-16-19(22)20(23)17-14-11-9-7-5-6-8-10-12-15-18-21(24)25-2;1-3-4-13-16-19-20(24-19)17-14-11-9-7-5-6-8-10-12-15-18-21(22)23-2;1-2-3-4-5-6-7-8-9-10-11-12-13-14-15-16-17-18-19-20(21)22;1-18-15(17)13-11-9-7-5-3-2-4-6-8-10-12-14-16;2*13-2-1-12-6-9-3-10(7-12)5-11(4-9)8-12/h1-15,24-26H,16-23H2;5,7-8,10-11,14,19-20,22-23H,3-4,6,9,12-13,15-18H2,1-2H3;5,7-8,10-11,14,19-20H,3-4,6,9,12-13,15-18H2,1-2H3;6-7,9-10,12-13,15-16H,2-5,8,11,14,17-19H2,1H3,(H,21,22);2,4-5,7-8,10,14H,3,6,9,11-13H2,1H3;9-11H,1-8H2;9-11,13H,1-8H2/b;2*7-5-,10-8-,14-11-;7-6-,10-9-,13-12-,16-15-;4-2-,7-5-,10-8-;;. The molecule has 1 saturated heterocycles. The Balaban J connectivity index is 0.000000237. The summed E-state index contributed by atoms with van der Waals surface area (Å²) in [5, 5.41) is 41.9. The molecule has 3 aromatic rings. The zero-order valence-electron chi connectivity index (χ0n) is 91.8. The zero-order chi connectivity index (χ0) is 105. The van der Waals surface area contributed by atoms with Crippen LogP contribution in [0.4, 0.5) is 0 Å². The number of ether oxygens (including phenoxy) is 4. The van der Waals surface area contributed by atoms with Crippen LogP contribution >= 0.6 is 48.9 Å². The summed E-state index contributed by atoms with van der Waals surface area (Å²) in [6.45, 7) is 7.02. The predicted octanol–water partition coefficient (Wildman–Crippen LogP) is 33.7. The summed E-state index contributed by atoms with van der Waals surface area (Å²) in [6, 6.07) is 34.6. The first-order valence-electron chi connectivity index (χ1n) is 58.0. The van der Waals surface area contributed by atoms with E-state index in [0.717, 1.165) is 206 Å². The van der Waals surface area contributed by atoms with Gasteiger partial charge in [0.2, 0.25) is 0 Å². The number of halogens is 2. The Morgan fingerprint density at radius 3 is 0.980 bits per heavy atom. The number of epoxide rings is 1. The number of carbonyl (C=O) groups excluding carboxylic acids is 4. The van der Waals surface area contributed by atoms with Crippen LogP contribution in [0.25, 0.3) is 0 Å². The fraction of sp³-hybridized carbons (Fsp3) is 0.626. The molecule has 12 bridgehead atoms. The average molecular weight is 2260 g/mol. The van der Waals surface area contributed by atoms with Crippen molar-refractivity contribution in [1.82, 2.24) is 0 Å². The third-order valence-corrected chi connectivity index (χ3v) is 44.5. The van der Waals surface area contributed by atoms with E-state index in [1.54, 1.807) is 54.4 Å². The van der Waals surface area contributed by atoms with Gasteiger partial charge >= 0.3 is 231 Å². The second-order valence-electron chi connectivity index (χ2n) is 44.5. The van der Waals surface area contributed by atoms with Gasteiger partial charge in [0.1, 0.15) is 6.29 Å². The molecule has 0 spiro atoms. The van der Waals surface area contributed by atoms with Gasteiger partial charge in [-0.1, -0.05) is 253 Å². The van der Waals surface area contributed by atoms with Crippen molar-refractivity contribution in [2.24, 2.45) is 69.5 Å². The molecule has 16 heteroatoms. The molecule has 0 amide bonds. The number of aldehydes is 1. The molecule has 13 aliphatic rings. The number of methoxy groups -OCH3 is 3. The van der Waals surface area contributed by atoms with E-state index in [1.165, 1.54) is 173 Å². The Hall–Kier alpha value is -6.44.